The Balaban J connectivity index is 1.40. The molecular formula is C35H26N2O8S. The lowest BCUT2D eigenvalue weighted by Gasteiger charge is -2.26. The molecule has 46 heavy (non-hydrogen) atoms. The number of carboxylic acid groups (broad SMARTS) is 1. The number of hydrogen-bond donors (Lipinski definition) is 1. The largest absolute Gasteiger partial charge is 0.478 e. The molecule has 2 aliphatic heterocycles. The maximum Gasteiger partial charge on any atom is 0.338 e. The second-order valence-corrected chi connectivity index (χ2v) is 11.6. The molecule has 4 heterocycles. The number of hydrogen-bond acceptors (Lipinski definition) is 9. The van der Waals surface area contributed by atoms with Crippen LogP contribution >= 0.6 is 11.3 Å². The average molecular weight is 635 g/mol. The maximum atomic E-state index is 14.2. The standard InChI is InChI=1S/C35H26N2O8S/c1-3-42-34(41)29-30(20-7-5-4-6-8-20)36-35-37(31(29)21-10-13-26-27(16-21)44-18-43-26)32(38)28(46-35)17-23-11-14-25(45-23)24-12-9-22(33(39)40)15-19(24)2/h4-17,31H,3,18H2,1-2H3,(H,39,40)/b28-17-/t31-/m1/s1. The quantitative estimate of drug-likeness (QED) is 0.250. The summed E-state index contributed by atoms with van der Waals surface area (Å²) in [5, 5.41) is 9.31. The minimum Gasteiger partial charge on any atom is -0.478 e. The Kier molecular flexibility index (Phi) is 7.37. The van der Waals surface area contributed by atoms with E-state index in [1.165, 1.54) is 22.0 Å². The third-order valence-corrected chi connectivity index (χ3v) is 8.71. The zero-order chi connectivity index (χ0) is 31.9. The molecule has 0 radical (unpaired) electrons. The summed E-state index contributed by atoms with van der Waals surface area (Å²) in [6.07, 6.45) is 1.64. The fourth-order valence-corrected chi connectivity index (χ4v) is 6.60. The van der Waals surface area contributed by atoms with Crippen molar-refractivity contribution in [3.8, 4) is 22.8 Å². The van der Waals surface area contributed by atoms with Crippen LogP contribution in [-0.2, 0) is 9.53 Å². The van der Waals surface area contributed by atoms with Gasteiger partial charge in [-0.2, -0.15) is 0 Å². The Morgan fingerprint density at radius 2 is 1.85 bits per heavy atom. The number of carbonyl (C=O) groups is 2. The number of aryl methyl sites for hydroxylation is 1. The van der Waals surface area contributed by atoms with E-state index in [2.05, 4.69) is 0 Å². The summed E-state index contributed by atoms with van der Waals surface area (Å²) in [6, 6.07) is 22.1. The van der Waals surface area contributed by atoms with Crippen LogP contribution in [0.5, 0.6) is 11.5 Å². The van der Waals surface area contributed by atoms with E-state index in [1.807, 2.05) is 37.3 Å². The summed E-state index contributed by atoms with van der Waals surface area (Å²) >= 11 is 1.18. The number of carbonyl (C=O) groups excluding carboxylic acids is 1. The van der Waals surface area contributed by atoms with Crippen molar-refractivity contribution in [3.63, 3.8) is 0 Å². The van der Waals surface area contributed by atoms with Crippen molar-refractivity contribution in [2.45, 2.75) is 19.9 Å². The summed E-state index contributed by atoms with van der Waals surface area (Å²) in [6.45, 7) is 3.75. The number of esters is 1. The molecule has 5 aromatic rings. The van der Waals surface area contributed by atoms with E-state index < -0.39 is 18.0 Å². The Hall–Kier alpha value is -5.68. The van der Waals surface area contributed by atoms with Crippen LogP contribution in [-0.4, -0.2) is 35.0 Å². The molecule has 0 bridgehead atoms. The molecule has 0 amide bonds. The highest BCUT2D eigenvalue weighted by Crippen LogP contribution is 2.40. The highest BCUT2D eigenvalue weighted by Gasteiger charge is 2.36. The van der Waals surface area contributed by atoms with Gasteiger partial charge in [0.2, 0.25) is 6.79 Å². The van der Waals surface area contributed by atoms with Gasteiger partial charge in [0.25, 0.3) is 5.56 Å². The normalized spacial score (nSPS) is 15.4. The molecule has 10 nitrogen and oxygen atoms in total. The van der Waals surface area contributed by atoms with Gasteiger partial charge in [0.15, 0.2) is 16.3 Å². The van der Waals surface area contributed by atoms with Gasteiger partial charge >= 0.3 is 11.9 Å². The van der Waals surface area contributed by atoms with Crippen LogP contribution in [0.2, 0.25) is 0 Å². The van der Waals surface area contributed by atoms with Crippen LogP contribution in [0.15, 0.2) is 98.6 Å². The zero-order valence-electron chi connectivity index (χ0n) is 24.7. The minimum absolute atomic E-state index is 0.0751. The first-order valence-electron chi connectivity index (χ1n) is 14.4. The van der Waals surface area contributed by atoms with Crippen molar-refractivity contribution in [2.75, 3.05) is 13.4 Å². The van der Waals surface area contributed by atoms with Gasteiger partial charge in [-0.3, -0.25) is 9.36 Å². The molecule has 0 aliphatic carbocycles. The van der Waals surface area contributed by atoms with Crippen LogP contribution in [0, 0.1) is 6.92 Å². The molecule has 0 unspecified atom stereocenters. The molecule has 2 aromatic heterocycles. The lowest BCUT2D eigenvalue weighted by molar-refractivity contribution is -0.138. The zero-order valence-corrected chi connectivity index (χ0v) is 25.5. The Bertz CT molecular complexity index is 2240. The third kappa shape index (κ3) is 5.10. The monoisotopic (exact) mass is 634 g/mol. The van der Waals surface area contributed by atoms with E-state index in [0.717, 1.165) is 11.1 Å². The number of ether oxygens (including phenoxy) is 3. The van der Waals surface area contributed by atoms with Crippen molar-refractivity contribution >= 4 is 35.0 Å². The van der Waals surface area contributed by atoms with Gasteiger partial charge in [-0.05, 0) is 61.4 Å². The molecule has 0 saturated heterocycles. The van der Waals surface area contributed by atoms with Crippen LogP contribution in [0.25, 0.3) is 23.1 Å². The molecule has 1 N–H and O–H groups in total. The van der Waals surface area contributed by atoms with Gasteiger partial charge in [-0.15, -0.1) is 0 Å². The van der Waals surface area contributed by atoms with Crippen molar-refractivity contribution in [2.24, 2.45) is 4.99 Å². The summed E-state index contributed by atoms with van der Waals surface area (Å²) in [5.41, 5.74) is 3.27. The van der Waals surface area contributed by atoms with Crippen molar-refractivity contribution in [1.29, 1.82) is 0 Å². The number of thiazole rings is 1. The van der Waals surface area contributed by atoms with E-state index in [0.29, 0.717) is 49.2 Å². The number of nitrogens with zero attached hydrogens (tertiary/aromatic N) is 2. The van der Waals surface area contributed by atoms with Gasteiger partial charge in [-0.1, -0.05) is 53.8 Å². The van der Waals surface area contributed by atoms with Gasteiger partial charge in [0.05, 0.1) is 34.0 Å². The molecule has 2 aliphatic rings. The topological polar surface area (TPSA) is 130 Å². The van der Waals surface area contributed by atoms with Gasteiger partial charge < -0.3 is 23.7 Å². The Labute approximate surface area is 265 Å². The highest BCUT2D eigenvalue weighted by molar-refractivity contribution is 7.07. The van der Waals surface area contributed by atoms with Gasteiger partial charge in [0.1, 0.15) is 11.5 Å². The first-order valence-corrected chi connectivity index (χ1v) is 15.3. The highest BCUT2D eigenvalue weighted by atomic mass is 32.1. The molecule has 11 heteroatoms. The Morgan fingerprint density at radius 1 is 1.04 bits per heavy atom. The second-order valence-electron chi connectivity index (χ2n) is 10.6. The fraction of sp³-hybridized carbons (Fsp3) is 0.143. The number of fused-ring (bicyclic) bond motifs is 2. The van der Waals surface area contributed by atoms with Gasteiger partial charge in [-0.25, -0.2) is 14.6 Å². The van der Waals surface area contributed by atoms with Crippen LogP contribution < -0.4 is 24.4 Å². The minimum atomic E-state index is -1.01. The molecule has 0 fully saturated rings. The molecule has 1 atom stereocenters. The van der Waals surface area contributed by atoms with Crippen molar-refractivity contribution in [1.82, 2.24) is 4.57 Å². The van der Waals surface area contributed by atoms with E-state index in [9.17, 15) is 19.5 Å². The summed E-state index contributed by atoms with van der Waals surface area (Å²) in [5.74, 6) is 0.448. The van der Waals surface area contributed by atoms with Gasteiger partial charge in [0, 0.05) is 17.2 Å². The summed E-state index contributed by atoms with van der Waals surface area (Å²) < 4.78 is 24.6. The summed E-state index contributed by atoms with van der Waals surface area (Å²) in [7, 11) is 0. The van der Waals surface area contributed by atoms with Crippen LogP contribution in [0.4, 0.5) is 0 Å². The molecule has 0 spiro atoms. The number of carboxylic acids is 1. The van der Waals surface area contributed by atoms with E-state index in [1.54, 1.807) is 55.5 Å². The van der Waals surface area contributed by atoms with Crippen LogP contribution in [0.3, 0.4) is 0 Å². The predicted octanol–water partition coefficient (Wildman–Crippen LogP) is 4.93. The smallest absolute Gasteiger partial charge is 0.338 e. The molecule has 7 rings (SSSR count). The third-order valence-electron chi connectivity index (χ3n) is 7.73. The SMILES string of the molecule is CCOC(=O)C1=C(c2ccccc2)N=c2s/c(=C\c3ccc(-c4ccc(C(=O)O)cc4C)o3)c(=O)n2[C@@H]1c1ccc2c(c1)OCO2. The molecule has 3 aromatic carbocycles. The maximum absolute atomic E-state index is 14.2. The van der Waals surface area contributed by atoms with Crippen molar-refractivity contribution < 1.29 is 33.3 Å². The van der Waals surface area contributed by atoms with Crippen molar-refractivity contribution in [3.05, 3.63) is 132 Å². The number of benzene rings is 3. The second kappa shape index (κ2) is 11.7. The number of aromatic carboxylic acids is 1. The first kappa shape index (κ1) is 29.1. The van der Waals surface area contributed by atoms with E-state index in [4.69, 9.17) is 23.6 Å². The number of rotatable bonds is 7. The molecular weight excluding hydrogens is 608 g/mol. The number of furan rings is 1. The molecule has 230 valence electrons. The molecule has 0 saturated carbocycles. The predicted molar refractivity (Wildman–Crippen MR) is 169 cm³/mol. The lowest BCUT2D eigenvalue weighted by Crippen LogP contribution is -2.40. The lowest BCUT2D eigenvalue weighted by atomic mass is 9.93. The van der Waals surface area contributed by atoms with E-state index >= 15 is 0 Å². The first-order chi connectivity index (χ1) is 22.3. The Morgan fingerprint density at radius 3 is 2.61 bits per heavy atom. The van der Waals surface area contributed by atoms with E-state index in [-0.39, 0.29) is 30.1 Å². The summed E-state index contributed by atoms with van der Waals surface area (Å²) in [4.78, 5) is 44.5. The number of aromatic nitrogens is 1. The van der Waals surface area contributed by atoms with Crippen LogP contribution in [0.1, 0.15) is 45.8 Å². The fourth-order valence-electron chi connectivity index (χ4n) is 5.62. The average Bonchev–Trinajstić information content (AvgIpc) is 3.80.